The minimum absolute atomic E-state index is 0.0224. The molecular formula is C23H27N5O5. The lowest BCUT2D eigenvalue weighted by Crippen LogP contribution is -2.43. The monoisotopic (exact) mass is 453 g/mol. The lowest BCUT2D eigenvalue weighted by molar-refractivity contribution is -0.116. The summed E-state index contributed by atoms with van der Waals surface area (Å²) in [6, 6.07) is 3.42. The molecule has 0 radical (unpaired) electrons. The standard InChI is InChI=1S/C23H27N5O5/c1-27-13-20(25-21(27)14-29)26-22(30)7-5-9-33-19-11-17-16(10-18(19)32-2)23(31)28-8-4-3-6-15(28)12-24-17/h10-15H,3-9H2,1-2H3,(H,26,30). The van der Waals surface area contributed by atoms with E-state index in [9.17, 15) is 14.4 Å². The minimum atomic E-state index is -0.227. The van der Waals surface area contributed by atoms with Gasteiger partial charge in [0.15, 0.2) is 29.4 Å². The maximum atomic E-state index is 13.1. The van der Waals surface area contributed by atoms with Crippen LogP contribution in [0.5, 0.6) is 11.5 Å². The second-order valence-corrected chi connectivity index (χ2v) is 8.07. The third-order valence-corrected chi connectivity index (χ3v) is 5.80. The summed E-state index contributed by atoms with van der Waals surface area (Å²) < 4.78 is 12.8. The van der Waals surface area contributed by atoms with Gasteiger partial charge in [0.05, 0.1) is 31.0 Å². The van der Waals surface area contributed by atoms with Crippen molar-refractivity contribution < 1.29 is 23.9 Å². The first-order chi connectivity index (χ1) is 16.0. The molecule has 10 nitrogen and oxygen atoms in total. The summed E-state index contributed by atoms with van der Waals surface area (Å²) in [7, 11) is 3.20. The summed E-state index contributed by atoms with van der Waals surface area (Å²) in [6.07, 6.45) is 7.72. The number of nitrogens with one attached hydrogen (secondary N) is 1. The van der Waals surface area contributed by atoms with Gasteiger partial charge in [0.1, 0.15) is 0 Å². The predicted molar refractivity (Wildman–Crippen MR) is 122 cm³/mol. The molecule has 0 saturated carbocycles. The van der Waals surface area contributed by atoms with Crippen LogP contribution in [0.25, 0.3) is 0 Å². The Labute approximate surface area is 191 Å². The van der Waals surface area contributed by atoms with Crippen molar-refractivity contribution in [2.45, 2.75) is 38.1 Å². The van der Waals surface area contributed by atoms with Gasteiger partial charge in [-0.25, -0.2) is 4.98 Å². The van der Waals surface area contributed by atoms with Gasteiger partial charge in [-0.2, -0.15) is 0 Å². The molecular weight excluding hydrogens is 426 g/mol. The number of imidazole rings is 1. The number of aldehydes is 1. The van der Waals surface area contributed by atoms with E-state index in [4.69, 9.17) is 9.47 Å². The molecule has 0 bridgehead atoms. The third kappa shape index (κ3) is 4.89. The molecule has 2 aliphatic heterocycles. The van der Waals surface area contributed by atoms with Gasteiger partial charge in [-0.3, -0.25) is 19.4 Å². The molecule has 1 atom stereocenters. The summed E-state index contributed by atoms with van der Waals surface area (Å²) in [5.74, 6) is 1.22. The van der Waals surface area contributed by atoms with Gasteiger partial charge in [-0.15, -0.1) is 0 Å². The van der Waals surface area contributed by atoms with Crippen molar-refractivity contribution in [2.75, 3.05) is 25.6 Å². The molecule has 1 saturated heterocycles. The minimum Gasteiger partial charge on any atom is -0.493 e. The highest BCUT2D eigenvalue weighted by molar-refractivity contribution is 6.03. The van der Waals surface area contributed by atoms with E-state index in [0.717, 1.165) is 25.8 Å². The molecule has 1 fully saturated rings. The van der Waals surface area contributed by atoms with Gasteiger partial charge in [-0.05, 0) is 31.7 Å². The fourth-order valence-corrected chi connectivity index (χ4v) is 4.06. The number of aryl methyl sites for hydroxylation is 1. The Morgan fingerprint density at radius 2 is 2.15 bits per heavy atom. The number of benzene rings is 1. The summed E-state index contributed by atoms with van der Waals surface area (Å²) >= 11 is 0. The number of piperidine rings is 1. The molecule has 33 heavy (non-hydrogen) atoms. The average molecular weight is 453 g/mol. The SMILES string of the molecule is COc1cc2c(cc1OCCCC(=O)Nc1cn(C)c(C=O)n1)N=CC1CCCCN1C2=O. The Kier molecular flexibility index (Phi) is 6.71. The third-order valence-electron chi connectivity index (χ3n) is 5.80. The molecule has 0 aliphatic carbocycles. The Bertz CT molecular complexity index is 1090. The maximum Gasteiger partial charge on any atom is 0.256 e. The van der Waals surface area contributed by atoms with Crippen LogP contribution in [0.3, 0.4) is 0 Å². The number of hydrogen-bond acceptors (Lipinski definition) is 7. The topological polar surface area (TPSA) is 115 Å². The Hall–Kier alpha value is -3.69. The van der Waals surface area contributed by atoms with Crippen LogP contribution >= 0.6 is 0 Å². The van der Waals surface area contributed by atoms with E-state index in [1.165, 1.54) is 11.7 Å². The highest BCUT2D eigenvalue weighted by Gasteiger charge is 2.31. The molecule has 2 aromatic rings. The molecule has 10 heteroatoms. The molecule has 174 valence electrons. The van der Waals surface area contributed by atoms with Gasteiger partial charge in [-0.1, -0.05) is 0 Å². The number of carbonyl (C=O) groups is 3. The zero-order valence-electron chi connectivity index (χ0n) is 18.7. The first-order valence-electron chi connectivity index (χ1n) is 11.0. The average Bonchev–Trinajstić information content (AvgIpc) is 3.11. The largest absolute Gasteiger partial charge is 0.493 e. The summed E-state index contributed by atoms with van der Waals surface area (Å²) in [5.41, 5.74) is 1.06. The number of hydrogen-bond donors (Lipinski definition) is 1. The molecule has 1 aromatic carbocycles. The van der Waals surface area contributed by atoms with Gasteiger partial charge in [0.2, 0.25) is 5.91 Å². The van der Waals surface area contributed by atoms with E-state index in [2.05, 4.69) is 15.3 Å². The van der Waals surface area contributed by atoms with E-state index in [-0.39, 0.29) is 36.7 Å². The molecule has 2 amide bonds. The Balaban J connectivity index is 1.37. The van der Waals surface area contributed by atoms with E-state index in [1.54, 1.807) is 25.4 Å². The second-order valence-electron chi connectivity index (χ2n) is 8.07. The number of aromatic nitrogens is 2. The Morgan fingerprint density at radius 1 is 1.30 bits per heavy atom. The van der Waals surface area contributed by atoms with Crippen molar-refractivity contribution in [1.82, 2.24) is 14.5 Å². The number of fused-ring (bicyclic) bond motifs is 2. The number of nitrogens with zero attached hydrogens (tertiary/aromatic N) is 4. The number of methoxy groups -OCH3 is 1. The van der Waals surface area contributed by atoms with Crippen molar-refractivity contribution in [3.8, 4) is 11.5 Å². The second kappa shape index (κ2) is 9.85. The zero-order valence-corrected chi connectivity index (χ0v) is 18.7. The number of anilines is 1. The molecule has 2 aliphatic rings. The van der Waals surface area contributed by atoms with Crippen LogP contribution in [0.1, 0.15) is 53.1 Å². The van der Waals surface area contributed by atoms with Crippen molar-refractivity contribution in [2.24, 2.45) is 12.0 Å². The van der Waals surface area contributed by atoms with Crippen LogP contribution < -0.4 is 14.8 Å². The van der Waals surface area contributed by atoms with E-state index < -0.39 is 0 Å². The highest BCUT2D eigenvalue weighted by atomic mass is 16.5. The molecule has 1 aromatic heterocycles. The number of ether oxygens (including phenoxy) is 2. The van der Waals surface area contributed by atoms with Gasteiger partial charge >= 0.3 is 0 Å². The fraction of sp³-hybridized carbons (Fsp3) is 0.435. The van der Waals surface area contributed by atoms with Crippen molar-refractivity contribution in [3.05, 3.63) is 29.7 Å². The summed E-state index contributed by atoms with van der Waals surface area (Å²) in [6.45, 7) is 1.00. The predicted octanol–water partition coefficient (Wildman–Crippen LogP) is 2.75. The lowest BCUT2D eigenvalue weighted by Gasteiger charge is -2.32. The molecule has 0 spiro atoms. The molecule has 1 N–H and O–H groups in total. The number of carbonyl (C=O) groups excluding carboxylic acids is 3. The first kappa shape index (κ1) is 22.5. The van der Waals surface area contributed by atoms with Crippen LogP contribution in [0.2, 0.25) is 0 Å². The van der Waals surface area contributed by atoms with E-state index in [0.29, 0.717) is 41.3 Å². The van der Waals surface area contributed by atoms with Crippen molar-refractivity contribution in [3.63, 3.8) is 0 Å². The normalized spacial score (nSPS) is 17.1. The van der Waals surface area contributed by atoms with Crippen LogP contribution in [0, 0.1) is 0 Å². The number of rotatable bonds is 8. The highest BCUT2D eigenvalue weighted by Crippen LogP contribution is 2.37. The maximum absolute atomic E-state index is 13.1. The first-order valence-corrected chi connectivity index (χ1v) is 11.0. The quantitative estimate of drug-likeness (QED) is 0.485. The van der Waals surface area contributed by atoms with Crippen LogP contribution in [-0.2, 0) is 11.8 Å². The number of aliphatic imine (C=N–C) groups is 1. The number of amides is 2. The van der Waals surface area contributed by atoms with Crippen molar-refractivity contribution >= 4 is 35.8 Å². The lowest BCUT2D eigenvalue weighted by atomic mass is 10.0. The fourth-order valence-electron chi connectivity index (χ4n) is 4.06. The summed E-state index contributed by atoms with van der Waals surface area (Å²) in [5, 5.41) is 2.66. The van der Waals surface area contributed by atoms with Gasteiger partial charge in [0.25, 0.3) is 5.91 Å². The van der Waals surface area contributed by atoms with E-state index >= 15 is 0 Å². The van der Waals surface area contributed by atoms with Crippen LogP contribution in [0.4, 0.5) is 11.5 Å². The van der Waals surface area contributed by atoms with Gasteiger partial charge < -0.3 is 24.3 Å². The van der Waals surface area contributed by atoms with Crippen LogP contribution in [-0.4, -0.2) is 65.1 Å². The van der Waals surface area contributed by atoms with Crippen molar-refractivity contribution in [1.29, 1.82) is 0 Å². The van der Waals surface area contributed by atoms with Crippen LogP contribution in [0.15, 0.2) is 23.3 Å². The summed E-state index contributed by atoms with van der Waals surface area (Å²) in [4.78, 5) is 46.5. The Morgan fingerprint density at radius 3 is 2.91 bits per heavy atom. The van der Waals surface area contributed by atoms with Gasteiger partial charge in [0, 0.05) is 38.5 Å². The molecule has 4 rings (SSSR count). The smallest absolute Gasteiger partial charge is 0.256 e. The molecule has 1 unspecified atom stereocenters. The van der Waals surface area contributed by atoms with E-state index in [1.807, 2.05) is 11.1 Å². The zero-order chi connectivity index (χ0) is 23.4. The molecule has 3 heterocycles.